The number of aliphatic hydroxyl groups is 1. The van der Waals surface area contributed by atoms with Crippen LogP contribution >= 0.6 is 24.2 Å². The molecule has 3 nitrogen and oxygen atoms in total. The van der Waals surface area contributed by atoms with E-state index in [1.165, 1.54) is 0 Å². The van der Waals surface area contributed by atoms with Crippen LogP contribution < -0.4 is 0 Å². The summed E-state index contributed by atoms with van der Waals surface area (Å²) in [5.74, 6) is 0. The molecular weight excluding hydrogens is 244 g/mol. The van der Waals surface area contributed by atoms with Crippen molar-refractivity contribution >= 4 is 24.2 Å². The molecular formula is C11H11ClN2OS. The molecule has 0 saturated heterocycles. The van der Waals surface area contributed by atoms with Gasteiger partial charge < -0.3 is 5.11 Å². The van der Waals surface area contributed by atoms with Crippen molar-refractivity contribution in [3.8, 4) is 11.1 Å². The Morgan fingerprint density at radius 2 is 2.25 bits per heavy atom. The van der Waals surface area contributed by atoms with Gasteiger partial charge in [-0.3, -0.25) is 4.68 Å². The van der Waals surface area contributed by atoms with Gasteiger partial charge in [-0.1, -0.05) is 23.7 Å². The van der Waals surface area contributed by atoms with Gasteiger partial charge in [-0.05, 0) is 6.07 Å². The summed E-state index contributed by atoms with van der Waals surface area (Å²) in [5, 5.41) is 13.5. The van der Waals surface area contributed by atoms with Crippen LogP contribution in [0.4, 0.5) is 0 Å². The molecule has 5 heteroatoms. The molecule has 0 saturated carbocycles. The third-order valence-electron chi connectivity index (χ3n) is 2.25. The third kappa shape index (κ3) is 2.24. The van der Waals surface area contributed by atoms with E-state index >= 15 is 0 Å². The number of aromatic nitrogens is 2. The average Bonchev–Trinajstić information content (AvgIpc) is 2.71. The quantitative estimate of drug-likeness (QED) is 0.826. The Morgan fingerprint density at radius 3 is 3.00 bits per heavy atom. The first-order chi connectivity index (χ1) is 7.72. The summed E-state index contributed by atoms with van der Waals surface area (Å²) < 4.78 is 1.68. The first kappa shape index (κ1) is 11.5. The van der Waals surface area contributed by atoms with Crippen LogP contribution in [-0.2, 0) is 6.54 Å². The molecule has 0 aliphatic rings. The molecule has 16 heavy (non-hydrogen) atoms. The first-order valence-electron chi connectivity index (χ1n) is 4.83. The summed E-state index contributed by atoms with van der Waals surface area (Å²) in [7, 11) is 0. The molecule has 0 bridgehead atoms. The van der Waals surface area contributed by atoms with Crippen molar-refractivity contribution in [2.45, 2.75) is 11.4 Å². The lowest BCUT2D eigenvalue weighted by atomic mass is 10.1. The molecule has 84 valence electrons. The van der Waals surface area contributed by atoms with Gasteiger partial charge in [-0.2, -0.15) is 5.10 Å². The number of hydrogen-bond donors (Lipinski definition) is 2. The highest BCUT2D eigenvalue weighted by Gasteiger charge is 2.07. The van der Waals surface area contributed by atoms with E-state index in [4.69, 9.17) is 16.7 Å². The number of rotatable bonds is 3. The first-order valence-corrected chi connectivity index (χ1v) is 5.66. The Balaban J connectivity index is 2.39. The van der Waals surface area contributed by atoms with Gasteiger partial charge in [-0.15, -0.1) is 12.6 Å². The van der Waals surface area contributed by atoms with Gasteiger partial charge in [0.25, 0.3) is 0 Å². The topological polar surface area (TPSA) is 38.0 Å². The maximum absolute atomic E-state index is 8.80. The van der Waals surface area contributed by atoms with E-state index in [9.17, 15) is 0 Å². The van der Waals surface area contributed by atoms with Gasteiger partial charge in [0, 0.05) is 22.2 Å². The van der Waals surface area contributed by atoms with Gasteiger partial charge in [0.2, 0.25) is 0 Å². The Labute approximate surface area is 104 Å². The van der Waals surface area contributed by atoms with E-state index in [0.717, 1.165) is 16.0 Å². The molecule has 1 N–H and O–H groups in total. The van der Waals surface area contributed by atoms with Crippen molar-refractivity contribution in [2.75, 3.05) is 6.61 Å². The number of benzene rings is 1. The molecule has 1 aromatic carbocycles. The number of thiol groups is 1. The van der Waals surface area contributed by atoms with Gasteiger partial charge in [0.1, 0.15) is 0 Å². The van der Waals surface area contributed by atoms with Crippen molar-refractivity contribution in [1.29, 1.82) is 0 Å². The number of hydrogen-bond acceptors (Lipinski definition) is 3. The van der Waals surface area contributed by atoms with Gasteiger partial charge in [0.05, 0.1) is 24.4 Å². The molecule has 0 unspecified atom stereocenters. The standard InChI is InChI=1S/C11H11ClN2OS/c12-11-9(2-1-3-10(11)16)8-6-13-14(7-8)4-5-15/h1-3,6-7,15-16H,4-5H2. The fourth-order valence-corrected chi connectivity index (χ4v) is 1.91. The Bertz CT molecular complexity index is 498. The smallest absolute Gasteiger partial charge is 0.0641 e. The number of nitrogens with zero attached hydrogens (tertiary/aromatic N) is 2. The van der Waals surface area contributed by atoms with Crippen LogP contribution in [-0.4, -0.2) is 21.5 Å². The van der Waals surface area contributed by atoms with E-state index in [2.05, 4.69) is 17.7 Å². The second-order valence-electron chi connectivity index (χ2n) is 3.35. The highest BCUT2D eigenvalue weighted by atomic mass is 35.5. The zero-order valence-corrected chi connectivity index (χ0v) is 10.1. The highest BCUT2D eigenvalue weighted by molar-refractivity contribution is 7.80. The molecule has 0 fully saturated rings. The van der Waals surface area contributed by atoms with Crippen LogP contribution in [0.1, 0.15) is 0 Å². The van der Waals surface area contributed by atoms with Crippen LogP contribution in [0.2, 0.25) is 5.02 Å². The van der Waals surface area contributed by atoms with Crippen LogP contribution in [0.25, 0.3) is 11.1 Å². The molecule has 0 atom stereocenters. The molecule has 1 aromatic heterocycles. The summed E-state index contributed by atoms with van der Waals surface area (Å²) >= 11 is 10.4. The fraction of sp³-hybridized carbons (Fsp3) is 0.182. The summed E-state index contributed by atoms with van der Waals surface area (Å²) in [6, 6.07) is 5.66. The van der Waals surface area contributed by atoms with Gasteiger partial charge in [0.15, 0.2) is 0 Å². The minimum Gasteiger partial charge on any atom is -0.394 e. The average molecular weight is 255 g/mol. The third-order valence-corrected chi connectivity index (χ3v) is 3.16. The predicted octanol–water partition coefficient (Wildman–Crippen LogP) is 2.48. The second-order valence-corrected chi connectivity index (χ2v) is 4.21. The van der Waals surface area contributed by atoms with Gasteiger partial charge >= 0.3 is 0 Å². The Morgan fingerprint density at radius 1 is 1.44 bits per heavy atom. The molecule has 0 aliphatic heterocycles. The lowest BCUT2D eigenvalue weighted by Crippen LogP contribution is -2.01. The molecule has 0 amide bonds. The zero-order chi connectivity index (χ0) is 11.5. The molecule has 2 rings (SSSR count). The van der Waals surface area contributed by atoms with Crippen molar-refractivity contribution in [1.82, 2.24) is 9.78 Å². The lowest BCUT2D eigenvalue weighted by molar-refractivity contribution is 0.269. The van der Waals surface area contributed by atoms with E-state index in [1.54, 1.807) is 10.9 Å². The normalized spacial score (nSPS) is 10.7. The summed E-state index contributed by atoms with van der Waals surface area (Å²) in [5.41, 5.74) is 1.83. The fourth-order valence-electron chi connectivity index (χ4n) is 1.47. The Hall–Kier alpha value is -0.970. The van der Waals surface area contributed by atoms with E-state index in [-0.39, 0.29) is 6.61 Å². The minimum atomic E-state index is 0.0709. The summed E-state index contributed by atoms with van der Waals surface area (Å²) in [4.78, 5) is 0.745. The lowest BCUT2D eigenvalue weighted by Gasteiger charge is -2.03. The van der Waals surface area contributed by atoms with Crippen molar-refractivity contribution < 1.29 is 5.11 Å². The van der Waals surface area contributed by atoms with Crippen molar-refractivity contribution in [2.24, 2.45) is 0 Å². The predicted molar refractivity (Wildman–Crippen MR) is 67.0 cm³/mol. The van der Waals surface area contributed by atoms with Crippen LogP contribution in [0, 0.1) is 0 Å². The highest BCUT2D eigenvalue weighted by Crippen LogP contribution is 2.31. The van der Waals surface area contributed by atoms with E-state index in [0.29, 0.717) is 11.6 Å². The number of halogens is 1. The largest absolute Gasteiger partial charge is 0.394 e. The van der Waals surface area contributed by atoms with Gasteiger partial charge in [-0.25, -0.2) is 0 Å². The van der Waals surface area contributed by atoms with E-state index < -0.39 is 0 Å². The Kier molecular flexibility index (Phi) is 3.53. The minimum absolute atomic E-state index is 0.0709. The molecule has 2 aromatic rings. The van der Waals surface area contributed by atoms with E-state index in [1.807, 2.05) is 24.4 Å². The molecule has 0 aliphatic carbocycles. The molecule has 0 spiro atoms. The monoisotopic (exact) mass is 254 g/mol. The summed E-state index contributed by atoms with van der Waals surface area (Å²) in [6.45, 7) is 0.555. The SMILES string of the molecule is OCCn1cc(-c2cccc(S)c2Cl)cn1. The zero-order valence-electron chi connectivity index (χ0n) is 8.47. The molecule has 1 heterocycles. The maximum Gasteiger partial charge on any atom is 0.0641 e. The van der Waals surface area contributed by atoms with Crippen LogP contribution in [0.15, 0.2) is 35.5 Å². The maximum atomic E-state index is 8.80. The molecule has 0 radical (unpaired) electrons. The second kappa shape index (κ2) is 4.91. The summed E-state index contributed by atoms with van der Waals surface area (Å²) in [6.07, 6.45) is 3.58. The van der Waals surface area contributed by atoms with Crippen LogP contribution in [0.5, 0.6) is 0 Å². The number of aliphatic hydroxyl groups excluding tert-OH is 1. The van der Waals surface area contributed by atoms with Crippen LogP contribution in [0.3, 0.4) is 0 Å². The van der Waals surface area contributed by atoms with Crippen molar-refractivity contribution in [3.05, 3.63) is 35.6 Å². The van der Waals surface area contributed by atoms with Crippen molar-refractivity contribution in [3.63, 3.8) is 0 Å².